The van der Waals surface area contributed by atoms with Gasteiger partial charge in [-0.2, -0.15) is 4.37 Å². The number of anilines is 1. The first-order valence-electron chi connectivity index (χ1n) is 5.93. The molecule has 0 spiro atoms. The maximum Gasteiger partial charge on any atom is 0.214 e. The number of aromatic nitrogens is 2. The molecule has 9 heteroatoms. The molecule has 0 amide bonds. The van der Waals surface area contributed by atoms with Gasteiger partial charge >= 0.3 is 0 Å². The molecule has 0 radical (unpaired) electrons. The molecule has 1 aliphatic heterocycles. The molecule has 2 heterocycles. The van der Waals surface area contributed by atoms with E-state index in [-0.39, 0.29) is 17.7 Å². The van der Waals surface area contributed by atoms with Crippen molar-refractivity contribution in [3.05, 3.63) is 5.82 Å². The lowest BCUT2D eigenvalue weighted by atomic mass is 10.1. The Morgan fingerprint density at radius 1 is 1.47 bits per heavy atom. The summed E-state index contributed by atoms with van der Waals surface area (Å²) < 4.78 is 34.5. The van der Waals surface area contributed by atoms with E-state index in [1.165, 1.54) is 15.8 Å². The molecule has 0 unspecified atom stereocenters. The summed E-state index contributed by atoms with van der Waals surface area (Å²) in [7, 11) is -0.134. The van der Waals surface area contributed by atoms with Gasteiger partial charge in [-0.05, 0) is 6.92 Å². The normalized spacial score (nSPS) is 24.0. The van der Waals surface area contributed by atoms with Crippen LogP contribution in [-0.2, 0) is 14.8 Å². The number of sulfonamides is 1. The van der Waals surface area contributed by atoms with Crippen LogP contribution in [0.2, 0.25) is 0 Å². The van der Waals surface area contributed by atoms with E-state index in [0.717, 1.165) is 0 Å². The second kappa shape index (κ2) is 5.70. The number of hydrogen-bond acceptors (Lipinski definition) is 7. The van der Waals surface area contributed by atoms with Crippen LogP contribution in [0.15, 0.2) is 0 Å². The van der Waals surface area contributed by atoms with E-state index in [0.29, 0.717) is 24.2 Å². The monoisotopic (exact) mass is 306 g/mol. The molecule has 1 aliphatic rings. The van der Waals surface area contributed by atoms with Crippen LogP contribution >= 0.6 is 11.5 Å². The largest absolute Gasteiger partial charge is 0.379 e. The summed E-state index contributed by atoms with van der Waals surface area (Å²) in [5, 5.41) is 3.92. The van der Waals surface area contributed by atoms with E-state index in [9.17, 15) is 8.42 Å². The highest BCUT2D eigenvalue weighted by atomic mass is 32.2. The topological polar surface area (TPSA) is 84.4 Å². The minimum absolute atomic E-state index is 0.0397. The number of aryl methyl sites for hydroxylation is 1. The van der Waals surface area contributed by atoms with Gasteiger partial charge in [0.05, 0.1) is 25.0 Å². The summed E-state index contributed by atoms with van der Waals surface area (Å²) in [5.41, 5.74) is 0. The molecule has 0 bridgehead atoms. The van der Waals surface area contributed by atoms with Crippen molar-refractivity contribution in [1.29, 1.82) is 0 Å². The van der Waals surface area contributed by atoms with Crippen molar-refractivity contribution < 1.29 is 13.2 Å². The third-order valence-corrected chi connectivity index (χ3v) is 5.72. The van der Waals surface area contributed by atoms with Crippen LogP contribution in [0.3, 0.4) is 0 Å². The van der Waals surface area contributed by atoms with Gasteiger partial charge in [-0.25, -0.2) is 17.7 Å². The molecule has 108 valence electrons. The van der Waals surface area contributed by atoms with Gasteiger partial charge in [-0.3, -0.25) is 0 Å². The second-order valence-corrected chi connectivity index (χ2v) is 7.74. The standard InChI is InChI=1S/C10H18N4O3S2/c1-7-11-10(18-13-7)12-9-5-17-4-8(9)6-19(15,16)14(2)3/h8-9H,4-6H2,1-3H3,(H,11,12,13)/t8-,9+/m0/s1. The van der Waals surface area contributed by atoms with Crippen molar-refractivity contribution in [2.75, 3.05) is 38.4 Å². The predicted molar refractivity (Wildman–Crippen MR) is 73.8 cm³/mol. The first-order valence-corrected chi connectivity index (χ1v) is 8.31. The molecule has 1 saturated heterocycles. The summed E-state index contributed by atoms with van der Waals surface area (Å²) in [6.07, 6.45) is 0. The fraction of sp³-hybridized carbons (Fsp3) is 0.800. The zero-order valence-corrected chi connectivity index (χ0v) is 12.8. The average molecular weight is 306 g/mol. The van der Waals surface area contributed by atoms with Crippen LogP contribution in [0.4, 0.5) is 5.13 Å². The number of ether oxygens (including phenoxy) is 1. The fourth-order valence-electron chi connectivity index (χ4n) is 1.86. The number of rotatable bonds is 5. The SMILES string of the molecule is Cc1nsc(N[C@@H]2COC[C@H]2CS(=O)(=O)N(C)C)n1. The van der Waals surface area contributed by atoms with Gasteiger partial charge < -0.3 is 10.1 Å². The summed E-state index contributed by atoms with van der Waals surface area (Å²) in [5.74, 6) is 0.718. The van der Waals surface area contributed by atoms with Gasteiger partial charge in [-0.1, -0.05) is 0 Å². The molecule has 1 aromatic rings. The highest BCUT2D eigenvalue weighted by molar-refractivity contribution is 7.89. The van der Waals surface area contributed by atoms with E-state index < -0.39 is 10.0 Å². The Morgan fingerprint density at radius 2 is 2.21 bits per heavy atom. The van der Waals surface area contributed by atoms with Crippen LogP contribution in [0.1, 0.15) is 5.82 Å². The van der Waals surface area contributed by atoms with Gasteiger partial charge in [0, 0.05) is 31.5 Å². The molecular formula is C10H18N4O3S2. The van der Waals surface area contributed by atoms with Crippen LogP contribution in [0, 0.1) is 12.8 Å². The van der Waals surface area contributed by atoms with Crippen LogP contribution < -0.4 is 5.32 Å². The molecule has 2 atom stereocenters. The Labute approximate surface area is 117 Å². The van der Waals surface area contributed by atoms with Crippen LogP contribution in [-0.4, -0.2) is 61.2 Å². The van der Waals surface area contributed by atoms with Gasteiger partial charge in [0.25, 0.3) is 0 Å². The first kappa shape index (κ1) is 14.6. The molecule has 0 aromatic carbocycles. The van der Waals surface area contributed by atoms with E-state index in [2.05, 4.69) is 14.7 Å². The molecule has 1 N–H and O–H groups in total. The lowest BCUT2D eigenvalue weighted by Crippen LogP contribution is -2.36. The maximum absolute atomic E-state index is 11.9. The molecule has 7 nitrogen and oxygen atoms in total. The first-order chi connectivity index (χ1) is 8.88. The lowest BCUT2D eigenvalue weighted by molar-refractivity contribution is 0.187. The minimum Gasteiger partial charge on any atom is -0.379 e. The van der Waals surface area contributed by atoms with Gasteiger partial charge in [0.2, 0.25) is 15.2 Å². The van der Waals surface area contributed by atoms with E-state index in [1.54, 1.807) is 14.1 Å². The highest BCUT2D eigenvalue weighted by Crippen LogP contribution is 2.22. The zero-order chi connectivity index (χ0) is 14.0. The fourth-order valence-corrected chi connectivity index (χ4v) is 3.66. The Bertz CT molecular complexity index is 529. The van der Waals surface area contributed by atoms with Crippen molar-refractivity contribution in [3.8, 4) is 0 Å². The van der Waals surface area contributed by atoms with Gasteiger partial charge in [-0.15, -0.1) is 0 Å². The van der Waals surface area contributed by atoms with Crippen molar-refractivity contribution in [2.24, 2.45) is 5.92 Å². The average Bonchev–Trinajstić information content (AvgIpc) is 2.89. The maximum atomic E-state index is 11.9. The molecular weight excluding hydrogens is 288 g/mol. The summed E-state index contributed by atoms with van der Waals surface area (Å²) in [6.45, 7) is 2.76. The molecule has 2 rings (SSSR count). The van der Waals surface area contributed by atoms with Crippen molar-refractivity contribution in [2.45, 2.75) is 13.0 Å². The Kier molecular flexibility index (Phi) is 4.39. The smallest absolute Gasteiger partial charge is 0.214 e. The quantitative estimate of drug-likeness (QED) is 0.834. The summed E-state index contributed by atoms with van der Waals surface area (Å²) >= 11 is 1.28. The van der Waals surface area contributed by atoms with Crippen LogP contribution in [0.25, 0.3) is 0 Å². The van der Waals surface area contributed by atoms with Crippen molar-refractivity contribution >= 4 is 26.7 Å². The minimum atomic E-state index is -3.22. The van der Waals surface area contributed by atoms with Crippen LogP contribution in [0.5, 0.6) is 0 Å². The zero-order valence-electron chi connectivity index (χ0n) is 11.2. The third-order valence-electron chi connectivity index (χ3n) is 3.02. The predicted octanol–water partition coefficient (Wildman–Crippen LogP) is 0.165. The molecule has 1 aromatic heterocycles. The van der Waals surface area contributed by atoms with E-state index in [4.69, 9.17) is 4.74 Å². The summed E-state index contributed by atoms with van der Waals surface area (Å²) in [6, 6.07) is -0.0397. The number of hydrogen-bond donors (Lipinski definition) is 1. The Balaban J connectivity index is 2.01. The molecule has 0 saturated carbocycles. The van der Waals surface area contributed by atoms with Crippen molar-refractivity contribution in [1.82, 2.24) is 13.7 Å². The van der Waals surface area contributed by atoms with E-state index in [1.807, 2.05) is 6.92 Å². The second-order valence-electron chi connectivity index (χ2n) is 4.76. The lowest BCUT2D eigenvalue weighted by Gasteiger charge is -2.20. The molecule has 0 aliphatic carbocycles. The number of nitrogens with zero attached hydrogens (tertiary/aromatic N) is 3. The van der Waals surface area contributed by atoms with Gasteiger partial charge in [0.15, 0.2) is 0 Å². The third kappa shape index (κ3) is 3.62. The van der Waals surface area contributed by atoms with Crippen molar-refractivity contribution in [3.63, 3.8) is 0 Å². The van der Waals surface area contributed by atoms with E-state index >= 15 is 0 Å². The number of nitrogens with one attached hydrogen (secondary N) is 1. The Hall–Kier alpha value is -0.770. The molecule has 1 fully saturated rings. The summed E-state index contributed by atoms with van der Waals surface area (Å²) in [4.78, 5) is 4.22. The Morgan fingerprint density at radius 3 is 2.79 bits per heavy atom. The molecule has 19 heavy (non-hydrogen) atoms. The highest BCUT2D eigenvalue weighted by Gasteiger charge is 2.33. The van der Waals surface area contributed by atoms with Gasteiger partial charge in [0.1, 0.15) is 5.82 Å².